The Morgan fingerprint density at radius 1 is 1.18 bits per heavy atom. The van der Waals surface area contributed by atoms with Crippen molar-refractivity contribution in [1.29, 1.82) is 0 Å². The second-order valence-corrected chi connectivity index (χ2v) is 4.77. The Hall–Kier alpha value is -2.69. The molecule has 0 saturated heterocycles. The Bertz CT molecular complexity index is 615. The van der Waals surface area contributed by atoms with Gasteiger partial charge in [-0.2, -0.15) is 0 Å². The van der Waals surface area contributed by atoms with Crippen molar-refractivity contribution in [2.75, 3.05) is 24.8 Å². The van der Waals surface area contributed by atoms with E-state index in [-0.39, 0.29) is 5.91 Å². The zero-order valence-electron chi connectivity index (χ0n) is 12.5. The van der Waals surface area contributed by atoms with Crippen LogP contribution in [0.25, 0.3) is 0 Å². The van der Waals surface area contributed by atoms with E-state index < -0.39 is 0 Å². The van der Waals surface area contributed by atoms with Crippen molar-refractivity contribution in [3.05, 3.63) is 48.5 Å². The third-order valence-electron chi connectivity index (χ3n) is 3.07. The number of methoxy groups -OCH3 is 1. The van der Waals surface area contributed by atoms with Crippen LogP contribution in [0.1, 0.15) is 12.8 Å². The number of benzene rings is 2. The van der Waals surface area contributed by atoms with Gasteiger partial charge in [0.15, 0.2) is 0 Å². The van der Waals surface area contributed by atoms with E-state index in [4.69, 9.17) is 15.2 Å². The Morgan fingerprint density at radius 3 is 2.64 bits per heavy atom. The number of carbonyl (C=O) groups is 1. The van der Waals surface area contributed by atoms with Gasteiger partial charge in [-0.25, -0.2) is 0 Å². The summed E-state index contributed by atoms with van der Waals surface area (Å²) in [5.41, 5.74) is 6.95. The largest absolute Gasteiger partial charge is 0.495 e. The third-order valence-corrected chi connectivity index (χ3v) is 3.07. The SMILES string of the molecule is COc1ccc(NC(=O)CCCOc2ccccc2)cc1N. The Balaban J connectivity index is 1.73. The molecule has 22 heavy (non-hydrogen) atoms. The summed E-state index contributed by atoms with van der Waals surface area (Å²) in [4.78, 5) is 11.9. The van der Waals surface area contributed by atoms with Gasteiger partial charge in [0, 0.05) is 12.1 Å². The molecule has 0 fully saturated rings. The minimum Gasteiger partial charge on any atom is -0.495 e. The number of nitrogens with one attached hydrogen (secondary N) is 1. The number of nitrogens with two attached hydrogens (primary N) is 1. The van der Waals surface area contributed by atoms with Crippen LogP contribution in [0.3, 0.4) is 0 Å². The summed E-state index contributed by atoms with van der Waals surface area (Å²) < 4.78 is 10.6. The molecule has 0 atom stereocenters. The van der Waals surface area contributed by atoms with Crippen LogP contribution in [-0.2, 0) is 4.79 Å². The minimum atomic E-state index is -0.0683. The smallest absolute Gasteiger partial charge is 0.224 e. The molecule has 5 nitrogen and oxygen atoms in total. The summed E-state index contributed by atoms with van der Waals surface area (Å²) in [6, 6.07) is 14.7. The molecule has 5 heteroatoms. The number of carbonyl (C=O) groups excluding carboxylic acids is 1. The van der Waals surface area contributed by atoms with E-state index in [9.17, 15) is 4.79 Å². The molecule has 2 rings (SSSR count). The van der Waals surface area contributed by atoms with Crippen molar-refractivity contribution in [1.82, 2.24) is 0 Å². The number of amides is 1. The first kappa shape index (κ1) is 15.7. The van der Waals surface area contributed by atoms with Gasteiger partial charge in [0.1, 0.15) is 11.5 Å². The molecule has 2 aromatic rings. The van der Waals surface area contributed by atoms with Gasteiger partial charge >= 0.3 is 0 Å². The zero-order chi connectivity index (χ0) is 15.8. The molecule has 0 aliphatic carbocycles. The minimum absolute atomic E-state index is 0.0683. The first-order valence-corrected chi connectivity index (χ1v) is 7.10. The topological polar surface area (TPSA) is 73.6 Å². The van der Waals surface area contributed by atoms with Crippen LogP contribution in [-0.4, -0.2) is 19.6 Å². The first-order valence-electron chi connectivity index (χ1n) is 7.10. The van der Waals surface area contributed by atoms with Gasteiger partial charge in [0.25, 0.3) is 0 Å². The predicted molar refractivity (Wildman–Crippen MR) is 87.2 cm³/mol. The third kappa shape index (κ3) is 4.70. The van der Waals surface area contributed by atoms with Gasteiger partial charge in [0.05, 0.1) is 19.4 Å². The summed E-state index contributed by atoms with van der Waals surface area (Å²) in [5, 5.41) is 2.80. The standard InChI is InChI=1S/C17H20N2O3/c1-21-16-10-9-13(12-15(16)18)19-17(20)8-5-11-22-14-6-3-2-4-7-14/h2-4,6-7,9-10,12H,5,8,11,18H2,1H3,(H,19,20). The first-order chi connectivity index (χ1) is 10.7. The van der Waals surface area contributed by atoms with Crippen molar-refractivity contribution in [3.8, 4) is 11.5 Å². The molecule has 0 spiro atoms. The Morgan fingerprint density at radius 2 is 1.95 bits per heavy atom. The van der Waals surface area contributed by atoms with E-state index in [0.717, 1.165) is 5.75 Å². The molecule has 0 radical (unpaired) electrons. The van der Waals surface area contributed by atoms with Gasteiger partial charge in [0.2, 0.25) is 5.91 Å². The number of nitrogen functional groups attached to an aromatic ring is 1. The lowest BCUT2D eigenvalue weighted by Crippen LogP contribution is -2.13. The van der Waals surface area contributed by atoms with Crippen LogP contribution in [0.4, 0.5) is 11.4 Å². The van der Waals surface area contributed by atoms with Gasteiger partial charge in [-0.1, -0.05) is 18.2 Å². The maximum absolute atomic E-state index is 11.9. The summed E-state index contributed by atoms with van der Waals surface area (Å²) in [5.74, 6) is 1.33. The molecule has 116 valence electrons. The van der Waals surface area contributed by atoms with E-state index in [1.54, 1.807) is 25.3 Å². The zero-order valence-corrected chi connectivity index (χ0v) is 12.5. The molecule has 0 aromatic heterocycles. The quantitative estimate of drug-likeness (QED) is 0.609. The van der Waals surface area contributed by atoms with E-state index in [1.807, 2.05) is 30.3 Å². The molecule has 3 N–H and O–H groups in total. The fourth-order valence-corrected chi connectivity index (χ4v) is 1.98. The average Bonchev–Trinajstić information content (AvgIpc) is 2.53. The molecular weight excluding hydrogens is 280 g/mol. The van der Waals surface area contributed by atoms with Crippen molar-refractivity contribution < 1.29 is 14.3 Å². The number of hydrogen-bond acceptors (Lipinski definition) is 4. The van der Waals surface area contributed by atoms with Crippen molar-refractivity contribution in [2.45, 2.75) is 12.8 Å². The summed E-state index contributed by atoms with van der Waals surface area (Å²) in [6.45, 7) is 0.502. The predicted octanol–water partition coefficient (Wildman–Crippen LogP) is 3.08. The molecule has 0 unspecified atom stereocenters. The van der Waals surface area contributed by atoms with E-state index in [0.29, 0.717) is 36.6 Å². The maximum Gasteiger partial charge on any atom is 0.224 e. The van der Waals surface area contributed by atoms with Crippen LogP contribution in [0, 0.1) is 0 Å². The second-order valence-electron chi connectivity index (χ2n) is 4.77. The van der Waals surface area contributed by atoms with Crippen LogP contribution < -0.4 is 20.5 Å². The van der Waals surface area contributed by atoms with Gasteiger partial charge in [-0.05, 0) is 36.8 Å². The van der Waals surface area contributed by atoms with E-state index in [1.165, 1.54) is 0 Å². The normalized spacial score (nSPS) is 10.0. The summed E-state index contributed by atoms with van der Waals surface area (Å²) in [6.07, 6.45) is 1.03. The number of para-hydroxylation sites is 1. The molecule has 0 heterocycles. The highest BCUT2D eigenvalue weighted by atomic mass is 16.5. The summed E-state index contributed by atoms with van der Waals surface area (Å²) in [7, 11) is 1.55. The van der Waals surface area contributed by atoms with Gasteiger partial charge in [-0.3, -0.25) is 4.79 Å². The Labute approximate surface area is 130 Å². The van der Waals surface area contributed by atoms with Crippen LogP contribution in [0.15, 0.2) is 48.5 Å². The van der Waals surface area contributed by atoms with Crippen LogP contribution >= 0.6 is 0 Å². The van der Waals surface area contributed by atoms with Crippen LogP contribution in [0.2, 0.25) is 0 Å². The highest BCUT2D eigenvalue weighted by molar-refractivity contribution is 5.91. The van der Waals surface area contributed by atoms with Crippen molar-refractivity contribution in [2.24, 2.45) is 0 Å². The molecule has 0 aliphatic rings. The fraction of sp³-hybridized carbons (Fsp3) is 0.235. The highest BCUT2D eigenvalue weighted by Crippen LogP contribution is 2.24. The van der Waals surface area contributed by atoms with Crippen LogP contribution in [0.5, 0.6) is 11.5 Å². The average molecular weight is 300 g/mol. The highest BCUT2D eigenvalue weighted by Gasteiger charge is 2.05. The second kappa shape index (κ2) is 7.93. The molecule has 0 bridgehead atoms. The molecule has 0 aliphatic heterocycles. The Kier molecular flexibility index (Phi) is 5.65. The van der Waals surface area contributed by atoms with E-state index >= 15 is 0 Å². The fourth-order valence-electron chi connectivity index (χ4n) is 1.98. The monoisotopic (exact) mass is 300 g/mol. The van der Waals surface area contributed by atoms with Gasteiger partial charge < -0.3 is 20.5 Å². The number of ether oxygens (including phenoxy) is 2. The lowest BCUT2D eigenvalue weighted by Gasteiger charge is -2.09. The van der Waals surface area contributed by atoms with Crippen molar-refractivity contribution >= 4 is 17.3 Å². The molecule has 2 aromatic carbocycles. The lowest BCUT2D eigenvalue weighted by molar-refractivity contribution is -0.116. The molecule has 0 saturated carbocycles. The van der Waals surface area contributed by atoms with E-state index in [2.05, 4.69) is 5.32 Å². The molecular formula is C17H20N2O3. The summed E-state index contributed by atoms with van der Waals surface area (Å²) >= 11 is 0. The number of anilines is 2. The molecule has 1 amide bonds. The maximum atomic E-state index is 11.9. The van der Waals surface area contributed by atoms with Gasteiger partial charge in [-0.15, -0.1) is 0 Å². The van der Waals surface area contributed by atoms with Crippen molar-refractivity contribution in [3.63, 3.8) is 0 Å². The number of rotatable bonds is 7. The number of hydrogen-bond donors (Lipinski definition) is 2. The lowest BCUT2D eigenvalue weighted by atomic mass is 10.2.